The Morgan fingerprint density at radius 2 is 2.00 bits per heavy atom. The summed E-state index contributed by atoms with van der Waals surface area (Å²) in [4.78, 5) is 11.7. The molecule has 2 aromatic rings. The lowest BCUT2D eigenvalue weighted by molar-refractivity contribution is 0.617. The van der Waals surface area contributed by atoms with Gasteiger partial charge in [-0.3, -0.25) is 4.79 Å². The van der Waals surface area contributed by atoms with Gasteiger partial charge >= 0.3 is 0 Å². The molecule has 2 rings (SSSR count). The fourth-order valence-electron chi connectivity index (χ4n) is 1.72. The van der Waals surface area contributed by atoms with E-state index in [1.807, 2.05) is 24.4 Å². The van der Waals surface area contributed by atoms with E-state index in [1.54, 1.807) is 6.07 Å². The molecule has 0 aliphatic carbocycles. The maximum Gasteiger partial charge on any atom is 0.189 e. The number of nitrogens with zero attached hydrogens (tertiary/aromatic N) is 1. The Hall–Kier alpha value is -0.840. The Balaban J connectivity index is 2.97. The van der Waals surface area contributed by atoms with Gasteiger partial charge in [0.05, 0.1) is 5.52 Å². The first-order chi connectivity index (χ1) is 7.11. The van der Waals surface area contributed by atoms with Crippen LogP contribution >= 0.6 is 22.6 Å². The highest BCUT2D eigenvalue weighted by molar-refractivity contribution is 14.1. The maximum absolute atomic E-state index is 11.7. The van der Waals surface area contributed by atoms with Gasteiger partial charge in [-0.2, -0.15) is 0 Å². The molecule has 0 aliphatic rings. The number of hydrogen-bond donors (Lipinski definition) is 0. The minimum absolute atomic E-state index is 0.0976. The second-order valence-electron chi connectivity index (χ2n) is 3.82. The van der Waals surface area contributed by atoms with E-state index in [4.69, 9.17) is 0 Å². The van der Waals surface area contributed by atoms with Crippen molar-refractivity contribution < 1.29 is 0 Å². The lowest BCUT2D eigenvalue weighted by Gasteiger charge is -2.15. The Morgan fingerprint density at radius 1 is 1.27 bits per heavy atom. The van der Waals surface area contributed by atoms with Crippen molar-refractivity contribution in [1.82, 2.24) is 4.57 Å². The average Bonchev–Trinajstić information content (AvgIpc) is 2.19. The minimum Gasteiger partial charge on any atom is -0.344 e. The Labute approximate surface area is 102 Å². The number of benzene rings is 1. The largest absolute Gasteiger partial charge is 0.344 e. The summed E-state index contributed by atoms with van der Waals surface area (Å²) >= 11 is 2.27. The Morgan fingerprint density at radius 3 is 2.67 bits per heavy atom. The summed E-state index contributed by atoms with van der Waals surface area (Å²) in [5.41, 5.74) is 1.14. The van der Waals surface area contributed by atoms with Crippen molar-refractivity contribution in [3.8, 4) is 0 Å². The molecule has 0 aliphatic heterocycles. The molecule has 1 heterocycles. The van der Waals surface area contributed by atoms with Crippen molar-refractivity contribution in [2.24, 2.45) is 0 Å². The number of fused-ring (bicyclic) bond motifs is 1. The van der Waals surface area contributed by atoms with Crippen molar-refractivity contribution in [2.75, 3.05) is 0 Å². The molecule has 0 saturated carbocycles. The van der Waals surface area contributed by atoms with E-state index in [2.05, 4.69) is 41.0 Å². The van der Waals surface area contributed by atoms with Crippen LogP contribution in [0.4, 0.5) is 0 Å². The van der Waals surface area contributed by atoms with Crippen LogP contribution in [-0.4, -0.2) is 4.57 Å². The monoisotopic (exact) mass is 313 g/mol. The van der Waals surface area contributed by atoms with Crippen molar-refractivity contribution in [3.05, 3.63) is 44.3 Å². The van der Waals surface area contributed by atoms with Gasteiger partial charge in [0.25, 0.3) is 0 Å². The van der Waals surface area contributed by atoms with Crippen LogP contribution in [0.25, 0.3) is 10.9 Å². The maximum atomic E-state index is 11.7. The zero-order valence-corrected chi connectivity index (χ0v) is 10.9. The van der Waals surface area contributed by atoms with Crippen LogP contribution in [0.2, 0.25) is 0 Å². The molecule has 1 aromatic heterocycles. The van der Waals surface area contributed by atoms with Crippen molar-refractivity contribution in [3.63, 3.8) is 0 Å². The molecule has 0 bridgehead atoms. The van der Waals surface area contributed by atoms with Crippen molar-refractivity contribution >= 4 is 33.5 Å². The predicted molar refractivity (Wildman–Crippen MR) is 71.3 cm³/mol. The van der Waals surface area contributed by atoms with Crippen LogP contribution in [0.5, 0.6) is 0 Å². The van der Waals surface area contributed by atoms with Crippen LogP contribution in [0.1, 0.15) is 19.9 Å². The molecule has 0 spiro atoms. The third-order valence-electron chi connectivity index (χ3n) is 2.45. The standard InChI is InChI=1S/C12H12INO/c1-8(2)14-7-6-11(15)9-4-3-5-10(13)12(9)14/h3-8H,1-2H3. The highest BCUT2D eigenvalue weighted by Crippen LogP contribution is 2.20. The average molecular weight is 313 g/mol. The first-order valence-corrected chi connectivity index (χ1v) is 5.98. The van der Waals surface area contributed by atoms with Gasteiger partial charge in [-0.15, -0.1) is 0 Å². The van der Waals surface area contributed by atoms with Gasteiger partial charge in [0.15, 0.2) is 5.43 Å². The number of hydrogen-bond acceptors (Lipinski definition) is 1. The molecule has 15 heavy (non-hydrogen) atoms. The number of para-hydroxylation sites is 1. The van der Waals surface area contributed by atoms with E-state index in [0.29, 0.717) is 6.04 Å². The number of pyridine rings is 1. The first kappa shape index (κ1) is 10.7. The van der Waals surface area contributed by atoms with Gasteiger partial charge in [0.1, 0.15) is 0 Å². The molecule has 0 atom stereocenters. The van der Waals surface area contributed by atoms with Gasteiger partial charge < -0.3 is 4.57 Å². The zero-order chi connectivity index (χ0) is 11.0. The molecule has 2 nitrogen and oxygen atoms in total. The van der Waals surface area contributed by atoms with E-state index in [1.165, 1.54) is 0 Å². The molecule has 0 saturated heterocycles. The predicted octanol–water partition coefficient (Wildman–Crippen LogP) is 3.19. The summed E-state index contributed by atoms with van der Waals surface area (Å²) in [6, 6.07) is 7.85. The summed E-state index contributed by atoms with van der Waals surface area (Å²) in [7, 11) is 0. The quantitative estimate of drug-likeness (QED) is 0.741. The number of rotatable bonds is 1. The van der Waals surface area contributed by atoms with Gasteiger partial charge in [0, 0.05) is 27.3 Å². The van der Waals surface area contributed by atoms with E-state index < -0.39 is 0 Å². The Kier molecular flexibility index (Phi) is 2.82. The fraction of sp³-hybridized carbons (Fsp3) is 0.250. The molecule has 0 unspecified atom stereocenters. The third-order valence-corrected chi connectivity index (χ3v) is 3.32. The van der Waals surface area contributed by atoms with E-state index in [0.717, 1.165) is 14.5 Å². The number of halogens is 1. The summed E-state index contributed by atoms with van der Waals surface area (Å²) in [6.45, 7) is 4.24. The molecule has 0 radical (unpaired) electrons. The fourth-order valence-corrected chi connectivity index (χ4v) is 2.50. The van der Waals surface area contributed by atoms with Crippen LogP contribution in [0, 0.1) is 3.57 Å². The third kappa shape index (κ3) is 1.80. The first-order valence-electron chi connectivity index (χ1n) is 4.90. The SMILES string of the molecule is CC(C)n1ccc(=O)c2cccc(I)c21. The van der Waals surface area contributed by atoms with Gasteiger partial charge in [-0.05, 0) is 48.6 Å². The minimum atomic E-state index is 0.0976. The molecule has 0 amide bonds. The zero-order valence-electron chi connectivity index (χ0n) is 8.70. The van der Waals surface area contributed by atoms with E-state index in [9.17, 15) is 4.79 Å². The lowest BCUT2D eigenvalue weighted by Crippen LogP contribution is -2.10. The van der Waals surface area contributed by atoms with Crippen LogP contribution in [0.3, 0.4) is 0 Å². The molecule has 3 heteroatoms. The molecule has 78 valence electrons. The van der Waals surface area contributed by atoms with Crippen LogP contribution in [0.15, 0.2) is 35.3 Å². The molecule has 0 N–H and O–H groups in total. The van der Waals surface area contributed by atoms with Crippen molar-refractivity contribution in [1.29, 1.82) is 0 Å². The highest BCUT2D eigenvalue weighted by atomic mass is 127. The second-order valence-corrected chi connectivity index (χ2v) is 4.98. The van der Waals surface area contributed by atoms with Gasteiger partial charge in [0.2, 0.25) is 0 Å². The molecule has 0 fully saturated rings. The summed E-state index contributed by atoms with van der Waals surface area (Å²) < 4.78 is 3.26. The van der Waals surface area contributed by atoms with Gasteiger partial charge in [-0.25, -0.2) is 0 Å². The molecular formula is C12H12INO. The second kappa shape index (κ2) is 3.96. The Bertz CT molecular complexity index is 557. The van der Waals surface area contributed by atoms with E-state index >= 15 is 0 Å². The normalized spacial score (nSPS) is 11.2. The van der Waals surface area contributed by atoms with Crippen LogP contribution < -0.4 is 5.43 Å². The van der Waals surface area contributed by atoms with E-state index in [-0.39, 0.29) is 5.43 Å². The lowest BCUT2D eigenvalue weighted by atomic mass is 10.2. The summed E-state index contributed by atoms with van der Waals surface area (Å²) in [5.74, 6) is 0. The molecule has 1 aromatic carbocycles. The smallest absolute Gasteiger partial charge is 0.189 e. The van der Waals surface area contributed by atoms with Crippen LogP contribution in [-0.2, 0) is 0 Å². The van der Waals surface area contributed by atoms with Crippen molar-refractivity contribution in [2.45, 2.75) is 19.9 Å². The molecular weight excluding hydrogens is 301 g/mol. The summed E-state index contributed by atoms with van der Waals surface area (Å²) in [6.07, 6.45) is 1.87. The summed E-state index contributed by atoms with van der Waals surface area (Å²) in [5, 5.41) is 0.804. The van der Waals surface area contributed by atoms with Gasteiger partial charge in [-0.1, -0.05) is 6.07 Å². The highest BCUT2D eigenvalue weighted by Gasteiger charge is 2.07. The topological polar surface area (TPSA) is 22.0 Å². The number of aromatic nitrogens is 1.